The number of aromatic nitrogens is 3. The van der Waals surface area contributed by atoms with Gasteiger partial charge in [0.25, 0.3) is 0 Å². The average molecular weight is 165 g/mol. The number of H-pyrrole nitrogens is 2. The highest BCUT2D eigenvalue weighted by Gasteiger charge is 1.99. The number of hydrogen-bond acceptors (Lipinski definition) is 3. The van der Waals surface area contributed by atoms with Gasteiger partial charge in [0.15, 0.2) is 0 Å². The van der Waals surface area contributed by atoms with Crippen molar-refractivity contribution in [1.82, 2.24) is 15.0 Å². The Labute approximate surface area is 67.4 Å². The van der Waals surface area contributed by atoms with Crippen LogP contribution in [-0.2, 0) is 0 Å². The number of methoxy groups -OCH3 is 1. The van der Waals surface area contributed by atoms with Gasteiger partial charge in [-0.3, -0.25) is 0 Å². The smallest absolute Gasteiger partial charge is 0.323 e. The Balaban J connectivity index is 2.74. The van der Waals surface area contributed by atoms with Crippen LogP contribution in [0.2, 0.25) is 0 Å². The molecule has 0 bridgehead atoms. The standard InChI is InChI=1S/C7H7N3O2/c1-12-6-2-4-5(3-8-6)10-7(11)9-4/h2-3H,1H3,(H2,9,10,11). The van der Waals surface area contributed by atoms with Crippen molar-refractivity contribution in [2.45, 2.75) is 0 Å². The lowest BCUT2D eigenvalue weighted by molar-refractivity contribution is 0.398. The van der Waals surface area contributed by atoms with Crippen molar-refractivity contribution in [3.05, 3.63) is 22.7 Å². The maximum Gasteiger partial charge on any atom is 0.323 e. The Bertz CT molecular complexity index is 457. The van der Waals surface area contributed by atoms with Crippen LogP contribution < -0.4 is 10.4 Å². The molecule has 2 N–H and O–H groups in total. The first-order chi connectivity index (χ1) is 5.79. The molecule has 5 heteroatoms. The predicted molar refractivity (Wildman–Crippen MR) is 43.3 cm³/mol. The fourth-order valence-electron chi connectivity index (χ4n) is 1.03. The van der Waals surface area contributed by atoms with Crippen molar-refractivity contribution in [3.8, 4) is 5.88 Å². The molecule has 0 spiro atoms. The largest absolute Gasteiger partial charge is 0.481 e. The Morgan fingerprint density at radius 3 is 2.92 bits per heavy atom. The van der Waals surface area contributed by atoms with Gasteiger partial charge in [-0.15, -0.1) is 0 Å². The summed E-state index contributed by atoms with van der Waals surface area (Å²) in [7, 11) is 1.53. The van der Waals surface area contributed by atoms with Crippen LogP contribution in [0.4, 0.5) is 0 Å². The van der Waals surface area contributed by atoms with Crippen molar-refractivity contribution in [1.29, 1.82) is 0 Å². The summed E-state index contributed by atoms with van der Waals surface area (Å²) in [5.41, 5.74) is 1.15. The molecule has 2 aromatic rings. The normalized spacial score (nSPS) is 10.4. The number of ether oxygens (including phenoxy) is 1. The van der Waals surface area contributed by atoms with Crippen LogP contribution in [0.25, 0.3) is 11.0 Å². The van der Waals surface area contributed by atoms with Crippen LogP contribution in [0.1, 0.15) is 0 Å². The van der Waals surface area contributed by atoms with Crippen LogP contribution in [0.3, 0.4) is 0 Å². The molecule has 2 aromatic heterocycles. The average Bonchev–Trinajstić information content (AvgIpc) is 2.43. The first kappa shape index (κ1) is 6.90. The van der Waals surface area contributed by atoms with Crippen molar-refractivity contribution in [2.75, 3.05) is 7.11 Å². The molecule has 0 fully saturated rings. The lowest BCUT2D eigenvalue weighted by Crippen LogP contribution is -1.99. The van der Waals surface area contributed by atoms with E-state index in [1.807, 2.05) is 0 Å². The Kier molecular flexibility index (Phi) is 1.36. The second-order valence-electron chi connectivity index (χ2n) is 2.35. The molecule has 0 unspecified atom stereocenters. The summed E-state index contributed by atoms with van der Waals surface area (Å²) in [5, 5.41) is 0. The minimum absolute atomic E-state index is 0.236. The molecule has 0 radical (unpaired) electrons. The zero-order valence-electron chi connectivity index (χ0n) is 6.42. The summed E-state index contributed by atoms with van der Waals surface area (Å²) in [6.45, 7) is 0. The first-order valence-electron chi connectivity index (χ1n) is 3.41. The van der Waals surface area contributed by atoms with Crippen LogP contribution in [0.15, 0.2) is 17.1 Å². The molecule has 0 saturated carbocycles. The third-order valence-electron chi connectivity index (χ3n) is 1.58. The van der Waals surface area contributed by atoms with Gasteiger partial charge < -0.3 is 14.7 Å². The van der Waals surface area contributed by atoms with E-state index in [-0.39, 0.29) is 5.69 Å². The minimum atomic E-state index is -0.236. The summed E-state index contributed by atoms with van der Waals surface area (Å²) in [4.78, 5) is 19.9. The van der Waals surface area contributed by atoms with E-state index in [9.17, 15) is 4.79 Å². The highest BCUT2D eigenvalue weighted by molar-refractivity contribution is 5.74. The zero-order valence-corrected chi connectivity index (χ0v) is 6.42. The lowest BCUT2D eigenvalue weighted by atomic mass is 10.4. The number of imidazole rings is 1. The molecule has 5 nitrogen and oxygen atoms in total. The number of aromatic amines is 2. The van der Waals surface area contributed by atoms with E-state index in [1.165, 1.54) is 7.11 Å². The van der Waals surface area contributed by atoms with Gasteiger partial charge in [0, 0.05) is 6.07 Å². The predicted octanol–water partition coefficient (Wildman–Crippen LogP) is 0.260. The molecule has 62 valence electrons. The molecular formula is C7H7N3O2. The molecule has 0 aliphatic heterocycles. The fourth-order valence-corrected chi connectivity index (χ4v) is 1.03. The van der Waals surface area contributed by atoms with Gasteiger partial charge >= 0.3 is 5.69 Å². The quantitative estimate of drug-likeness (QED) is 0.636. The lowest BCUT2D eigenvalue weighted by Gasteiger charge is -1.95. The molecule has 12 heavy (non-hydrogen) atoms. The highest BCUT2D eigenvalue weighted by Crippen LogP contribution is 2.11. The van der Waals surface area contributed by atoms with Crippen LogP contribution >= 0.6 is 0 Å². The summed E-state index contributed by atoms with van der Waals surface area (Å²) in [5.74, 6) is 0.484. The number of pyridine rings is 1. The van der Waals surface area contributed by atoms with Crippen molar-refractivity contribution in [3.63, 3.8) is 0 Å². The van der Waals surface area contributed by atoms with Gasteiger partial charge in [-0.1, -0.05) is 0 Å². The molecule has 0 amide bonds. The summed E-state index contributed by atoms with van der Waals surface area (Å²) in [6.07, 6.45) is 1.55. The molecule has 0 atom stereocenters. The third-order valence-corrected chi connectivity index (χ3v) is 1.58. The van der Waals surface area contributed by atoms with Gasteiger partial charge in [0.2, 0.25) is 5.88 Å². The maximum absolute atomic E-state index is 10.8. The van der Waals surface area contributed by atoms with E-state index in [0.29, 0.717) is 16.9 Å². The van der Waals surface area contributed by atoms with Gasteiger partial charge in [-0.2, -0.15) is 0 Å². The van der Waals surface area contributed by atoms with Crippen molar-refractivity contribution >= 4 is 11.0 Å². The number of hydrogen-bond donors (Lipinski definition) is 2. The summed E-state index contributed by atoms with van der Waals surface area (Å²) < 4.78 is 4.88. The number of rotatable bonds is 1. The molecule has 0 aromatic carbocycles. The molecular weight excluding hydrogens is 158 g/mol. The fraction of sp³-hybridized carbons (Fsp3) is 0.143. The van der Waals surface area contributed by atoms with E-state index in [0.717, 1.165) is 0 Å². The van der Waals surface area contributed by atoms with Gasteiger partial charge in [0.1, 0.15) is 0 Å². The molecule has 2 rings (SSSR count). The van der Waals surface area contributed by atoms with E-state index < -0.39 is 0 Å². The van der Waals surface area contributed by atoms with E-state index in [2.05, 4.69) is 15.0 Å². The molecule has 0 aliphatic rings. The SMILES string of the molecule is COc1cc2[nH]c(=O)[nH]c2cn1. The topological polar surface area (TPSA) is 70.8 Å². The third kappa shape index (κ3) is 0.952. The van der Waals surface area contributed by atoms with E-state index >= 15 is 0 Å². The van der Waals surface area contributed by atoms with Gasteiger partial charge in [-0.25, -0.2) is 9.78 Å². The molecule has 2 heterocycles. The number of nitrogens with one attached hydrogen (secondary N) is 2. The van der Waals surface area contributed by atoms with Crippen LogP contribution in [0, 0.1) is 0 Å². The van der Waals surface area contributed by atoms with E-state index in [4.69, 9.17) is 4.74 Å². The molecule has 0 saturated heterocycles. The van der Waals surface area contributed by atoms with Crippen LogP contribution in [0.5, 0.6) is 5.88 Å². The molecule has 0 aliphatic carbocycles. The first-order valence-corrected chi connectivity index (χ1v) is 3.41. The van der Waals surface area contributed by atoms with E-state index in [1.54, 1.807) is 12.3 Å². The highest BCUT2D eigenvalue weighted by atomic mass is 16.5. The number of fused-ring (bicyclic) bond motifs is 1. The Morgan fingerprint density at radius 1 is 1.42 bits per heavy atom. The van der Waals surface area contributed by atoms with Crippen LogP contribution in [-0.4, -0.2) is 22.1 Å². The second-order valence-corrected chi connectivity index (χ2v) is 2.35. The maximum atomic E-state index is 10.8. The number of nitrogens with zero attached hydrogens (tertiary/aromatic N) is 1. The van der Waals surface area contributed by atoms with Gasteiger partial charge in [-0.05, 0) is 0 Å². The zero-order chi connectivity index (χ0) is 8.55. The Morgan fingerprint density at radius 2 is 2.17 bits per heavy atom. The summed E-state index contributed by atoms with van der Waals surface area (Å²) >= 11 is 0. The van der Waals surface area contributed by atoms with Crippen molar-refractivity contribution < 1.29 is 4.74 Å². The van der Waals surface area contributed by atoms with Gasteiger partial charge in [0.05, 0.1) is 24.3 Å². The Hall–Kier alpha value is -1.78. The minimum Gasteiger partial charge on any atom is -0.481 e. The second kappa shape index (κ2) is 2.37. The van der Waals surface area contributed by atoms with Crippen molar-refractivity contribution in [2.24, 2.45) is 0 Å². The summed E-state index contributed by atoms with van der Waals surface area (Å²) in [6, 6.07) is 1.66. The monoisotopic (exact) mass is 165 g/mol.